The van der Waals surface area contributed by atoms with E-state index in [2.05, 4.69) is 40.2 Å². The molecular weight excluding hydrogens is 253 g/mol. The number of halogens is 1. The third-order valence-electron chi connectivity index (χ3n) is 2.51. The Balaban J connectivity index is 2.45. The summed E-state index contributed by atoms with van der Waals surface area (Å²) in [4.78, 5) is 0. The highest BCUT2D eigenvalue weighted by Crippen LogP contribution is 2.21. The van der Waals surface area contributed by atoms with E-state index in [0.717, 1.165) is 12.1 Å². The van der Waals surface area contributed by atoms with Crippen LogP contribution in [0.15, 0.2) is 0 Å². The fourth-order valence-electron chi connectivity index (χ4n) is 1.71. The average Bonchev–Trinajstić information content (AvgIpc) is 1.88. The molecule has 1 fully saturated rings. The maximum Gasteiger partial charge on any atom is 0.166 e. The first-order chi connectivity index (χ1) is 4.75. The fourth-order valence-corrected chi connectivity index (χ4v) is 6.58. The molecule has 3 heteroatoms. The zero-order valence-electron chi connectivity index (χ0n) is 6.81. The van der Waals surface area contributed by atoms with E-state index in [-0.39, 0.29) is 7.18 Å². The lowest BCUT2D eigenvalue weighted by atomic mass is 10.0. The van der Waals surface area contributed by atoms with Gasteiger partial charge in [0.2, 0.25) is 0 Å². The van der Waals surface area contributed by atoms with Gasteiger partial charge in [0.25, 0.3) is 0 Å². The molecule has 0 bridgehead atoms. The molecule has 1 saturated heterocycles. The van der Waals surface area contributed by atoms with Gasteiger partial charge in [-0.2, -0.15) is 0 Å². The van der Waals surface area contributed by atoms with E-state index in [9.17, 15) is 0 Å². The predicted octanol–water partition coefficient (Wildman–Crippen LogP) is 1.68. The van der Waals surface area contributed by atoms with E-state index < -0.39 is 0 Å². The molecule has 0 aromatic rings. The highest BCUT2D eigenvalue weighted by Gasteiger charge is 2.22. The van der Waals surface area contributed by atoms with E-state index in [1.807, 2.05) is 0 Å². The lowest BCUT2D eigenvalue weighted by Crippen LogP contribution is -2.44. The van der Waals surface area contributed by atoms with Crippen molar-refractivity contribution < 1.29 is 0 Å². The molecule has 0 aromatic carbocycles. The third-order valence-corrected chi connectivity index (χ3v) is 6.40. The highest BCUT2D eigenvalue weighted by atomic mass is 127. The van der Waals surface area contributed by atoms with Gasteiger partial charge in [-0.25, -0.2) is 0 Å². The Morgan fingerprint density at radius 1 is 1.30 bits per heavy atom. The lowest BCUT2D eigenvalue weighted by molar-refractivity contribution is 0.211. The van der Waals surface area contributed by atoms with Crippen LogP contribution < -0.4 is 0 Å². The molecule has 0 aliphatic carbocycles. The van der Waals surface area contributed by atoms with Crippen LogP contribution in [0.2, 0.25) is 0 Å². The van der Waals surface area contributed by atoms with Crippen molar-refractivity contribution in [2.24, 2.45) is 0 Å². The van der Waals surface area contributed by atoms with E-state index in [0.29, 0.717) is 0 Å². The van der Waals surface area contributed by atoms with Gasteiger partial charge in [0.05, 0.1) is 0 Å². The predicted molar refractivity (Wildman–Crippen MR) is 57.2 cm³/mol. The Labute approximate surface area is 78.7 Å². The van der Waals surface area contributed by atoms with Gasteiger partial charge in [-0.15, -0.1) is 21.8 Å². The average molecular weight is 269 g/mol. The summed E-state index contributed by atoms with van der Waals surface area (Å²) >= 11 is 2.60. The Morgan fingerprint density at radius 2 is 1.80 bits per heavy atom. The first-order valence-electron chi connectivity index (χ1n) is 4.07. The quantitative estimate of drug-likeness (QED) is 0.398. The summed E-state index contributed by atoms with van der Waals surface area (Å²) < 4.78 is 2.73. The van der Waals surface area contributed by atoms with Crippen LogP contribution in [0, 0.1) is 0 Å². The maximum absolute atomic E-state index is 2.73. The molecular formula is C7H16INSi. The van der Waals surface area contributed by atoms with E-state index in [1.54, 1.807) is 0 Å². The lowest BCUT2D eigenvalue weighted by Gasteiger charge is -2.37. The summed E-state index contributed by atoms with van der Waals surface area (Å²) in [5.41, 5.74) is 0. The molecule has 0 amide bonds. The van der Waals surface area contributed by atoms with Crippen molar-refractivity contribution in [3.8, 4) is 0 Å². The third kappa shape index (κ3) is 1.95. The van der Waals surface area contributed by atoms with Crippen molar-refractivity contribution in [3.63, 3.8) is 0 Å². The first kappa shape index (κ1) is 9.00. The molecule has 0 saturated carbocycles. The minimum absolute atomic E-state index is 0.0766. The van der Waals surface area contributed by atoms with Gasteiger partial charge in [0, 0.05) is 12.1 Å². The van der Waals surface area contributed by atoms with Crippen LogP contribution in [-0.2, 0) is 0 Å². The summed E-state index contributed by atoms with van der Waals surface area (Å²) in [7, 11) is 0.0766. The van der Waals surface area contributed by atoms with Gasteiger partial charge in [-0.1, -0.05) is 20.3 Å². The molecule has 0 aromatic heterocycles. The summed E-state index contributed by atoms with van der Waals surface area (Å²) in [5.74, 6) is 0. The Kier molecular flexibility index (Phi) is 3.66. The molecule has 1 nitrogen and oxygen atoms in total. The van der Waals surface area contributed by atoms with Crippen LogP contribution in [0.1, 0.15) is 33.1 Å². The highest BCUT2D eigenvalue weighted by molar-refractivity contribution is 14.1. The van der Waals surface area contributed by atoms with Gasteiger partial charge in [0.15, 0.2) is 7.18 Å². The second-order valence-corrected chi connectivity index (χ2v) is 6.28. The Hall–Kier alpha value is 0.907. The second kappa shape index (κ2) is 4.06. The van der Waals surface area contributed by atoms with Crippen molar-refractivity contribution in [1.82, 2.24) is 4.57 Å². The van der Waals surface area contributed by atoms with Crippen molar-refractivity contribution in [2.75, 3.05) is 0 Å². The minimum Gasteiger partial charge on any atom is -0.315 e. The molecule has 10 heavy (non-hydrogen) atoms. The summed E-state index contributed by atoms with van der Waals surface area (Å²) in [6.45, 7) is 4.75. The standard InChI is InChI=1S/C7H16INSi/c1-6-4-3-5-7(2)9(6)10-8/h6-7H,3-5,10H2,1-2H3. The van der Waals surface area contributed by atoms with Crippen LogP contribution in [0.4, 0.5) is 0 Å². The summed E-state index contributed by atoms with van der Waals surface area (Å²) in [6.07, 6.45) is 4.31. The van der Waals surface area contributed by atoms with Gasteiger partial charge < -0.3 is 4.57 Å². The molecule has 60 valence electrons. The normalized spacial score (nSPS) is 37.5. The largest absolute Gasteiger partial charge is 0.315 e. The van der Waals surface area contributed by atoms with Gasteiger partial charge in [0.1, 0.15) is 0 Å². The Bertz CT molecular complexity index is 99.8. The molecule has 0 radical (unpaired) electrons. The van der Waals surface area contributed by atoms with Crippen LogP contribution in [0.25, 0.3) is 0 Å². The number of piperidine rings is 1. The number of rotatable bonds is 1. The minimum atomic E-state index is 0.0766. The molecule has 0 N–H and O–H groups in total. The maximum atomic E-state index is 2.73. The summed E-state index contributed by atoms with van der Waals surface area (Å²) in [6, 6.07) is 1.76. The zero-order chi connectivity index (χ0) is 7.56. The zero-order valence-corrected chi connectivity index (χ0v) is 10.4. The second-order valence-electron chi connectivity index (χ2n) is 3.26. The molecule has 1 aliphatic rings. The van der Waals surface area contributed by atoms with Crippen LogP contribution in [0.5, 0.6) is 0 Å². The number of hydrogen-bond acceptors (Lipinski definition) is 1. The van der Waals surface area contributed by atoms with Crippen molar-refractivity contribution in [1.29, 1.82) is 0 Å². The molecule has 1 heterocycles. The van der Waals surface area contributed by atoms with Gasteiger partial charge >= 0.3 is 0 Å². The molecule has 1 aliphatic heterocycles. The van der Waals surface area contributed by atoms with E-state index in [4.69, 9.17) is 0 Å². The monoisotopic (exact) mass is 269 g/mol. The molecule has 1 rings (SSSR count). The molecule has 2 atom stereocenters. The van der Waals surface area contributed by atoms with Crippen LogP contribution >= 0.6 is 21.8 Å². The van der Waals surface area contributed by atoms with Crippen LogP contribution in [0.3, 0.4) is 0 Å². The topological polar surface area (TPSA) is 3.24 Å². The van der Waals surface area contributed by atoms with Crippen molar-refractivity contribution >= 4 is 29.0 Å². The number of hydrogen-bond donors (Lipinski definition) is 0. The van der Waals surface area contributed by atoms with E-state index >= 15 is 0 Å². The SMILES string of the molecule is CC1CCCC(C)N1[SiH2]I. The number of nitrogens with zero attached hydrogens (tertiary/aromatic N) is 1. The van der Waals surface area contributed by atoms with E-state index in [1.165, 1.54) is 19.3 Å². The van der Waals surface area contributed by atoms with Gasteiger partial charge in [-0.3, -0.25) is 0 Å². The van der Waals surface area contributed by atoms with Crippen LogP contribution in [-0.4, -0.2) is 23.8 Å². The Morgan fingerprint density at radius 3 is 2.10 bits per heavy atom. The van der Waals surface area contributed by atoms with Crippen molar-refractivity contribution in [3.05, 3.63) is 0 Å². The fraction of sp³-hybridized carbons (Fsp3) is 1.00. The van der Waals surface area contributed by atoms with Crippen molar-refractivity contribution in [2.45, 2.75) is 45.2 Å². The smallest absolute Gasteiger partial charge is 0.166 e. The first-order valence-corrected chi connectivity index (χ1v) is 9.81. The molecule has 0 spiro atoms. The van der Waals surface area contributed by atoms with Gasteiger partial charge in [-0.05, 0) is 12.8 Å². The summed E-state index contributed by atoms with van der Waals surface area (Å²) in [5, 5.41) is 0. The molecule has 2 unspecified atom stereocenters.